The molecule has 2 aliphatic rings. The van der Waals surface area contributed by atoms with E-state index in [1.807, 2.05) is 24.3 Å². The normalized spacial score (nSPS) is 23.7. The van der Waals surface area contributed by atoms with E-state index in [1.165, 1.54) is 35.8 Å². The van der Waals surface area contributed by atoms with Crippen LogP contribution in [0.1, 0.15) is 24.5 Å². The second kappa shape index (κ2) is 6.98. The Balaban J connectivity index is 1.87. The van der Waals surface area contributed by atoms with Crippen molar-refractivity contribution in [1.29, 1.82) is 0 Å². The van der Waals surface area contributed by atoms with Crippen LogP contribution in [0.15, 0.2) is 53.6 Å². The number of para-hydroxylation sites is 1. The average Bonchev–Trinajstić information content (AvgIpc) is 3.06. The quantitative estimate of drug-likeness (QED) is 0.880. The summed E-state index contributed by atoms with van der Waals surface area (Å²) in [5, 5.41) is 6.75. The maximum Gasteiger partial charge on any atom is 0.241 e. The molecule has 0 aromatic heterocycles. The Morgan fingerprint density at radius 2 is 2.19 bits per heavy atom. The number of rotatable bonds is 3. The molecular formula is C20H20FN3O2S. The van der Waals surface area contributed by atoms with Crippen molar-refractivity contribution >= 4 is 22.7 Å². The Kier molecular flexibility index (Phi) is 4.65. The van der Waals surface area contributed by atoms with Crippen molar-refractivity contribution in [2.75, 3.05) is 13.2 Å². The van der Waals surface area contributed by atoms with Crippen molar-refractivity contribution in [1.82, 2.24) is 5.01 Å². The largest absolute Gasteiger partial charge is 0.493 e. The molecule has 0 saturated carbocycles. The van der Waals surface area contributed by atoms with Crippen LogP contribution >= 0.6 is 11.8 Å². The summed E-state index contributed by atoms with van der Waals surface area (Å²) in [4.78, 5) is 11.8. The second-order valence-corrected chi connectivity index (χ2v) is 7.84. The number of nitrogens with zero attached hydrogens (tertiary/aromatic N) is 2. The van der Waals surface area contributed by atoms with Crippen molar-refractivity contribution in [3.8, 4) is 5.75 Å². The van der Waals surface area contributed by atoms with Gasteiger partial charge in [-0.2, -0.15) is 5.10 Å². The van der Waals surface area contributed by atoms with Crippen molar-refractivity contribution < 1.29 is 13.9 Å². The van der Waals surface area contributed by atoms with Crippen LogP contribution < -0.4 is 10.5 Å². The Morgan fingerprint density at radius 3 is 2.93 bits per heavy atom. The van der Waals surface area contributed by atoms with E-state index in [9.17, 15) is 9.18 Å². The molecule has 0 bridgehead atoms. The van der Waals surface area contributed by atoms with Gasteiger partial charge in [0.1, 0.15) is 16.6 Å². The van der Waals surface area contributed by atoms with Crippen LogP contribution in [-0.2, 0) is 9.67 Å². The number of benzene rings is 2. The summed E-state index contributed by atoms with van der Waals surface area (Å²) in [6.45, 7) is 2.41. The third-order valence-corrected chi connectivity index (χ3v) is 6.46. The van der Waals surface area contributed by atoms with Gasteiger partial charge in [0.25, 0.3) is 0 Å². The highest BCUT2D eigenvalue weighted by molar-refractivity contribution is 8.15. The molecule has 0 aliphatic carbocycles. The number of nitrogens with two attached hydrogens (primary N) is 1. The molecule has 5 nitrogen and oxygen atoms in total. The van der Waals surface area contributed by atoms with Crippen LogP contribution in [0, 0.1) is 11.7 Å². The lowest BCUT2D eigenvalue weighted by Gasteiger charge is -2.45. The summed E-state index contributed by atoms with van der Waals surface area (Å²) in [5.41, 5.74) is 7.41. The number of ether oxygens (including phenoxy) is 1. The molecule has 140 valence electrons. The molecule has 2 N–H and O–H groups in total. The average molecular weight is 385 g/mol. The maximum atomic E-state index is 13.8. The Morgan fingerprint density at radius 1 is 1.37 bits per heavy atom. The molecule has 1 amide bonds. The fraction of sp³-hybridized carbons (Fsp3) is 0.300. The summed E-state index contributed by atoms with van der Waals surface area (Å²) in [6, 6.07) is 14.0. The molecule has 4 rings (SSSR count). The molecule has 0 fully saturated rings. The fourth-order valence-electron chi connectivity index (χ4n) is 3.74. The van der Waals surface area contributed by atoms with Gasteiger partial charge in [-0.05, 0) is 31.2 Å². The first-order valence-corrected chi connectivity index (χ1v) is 9.64. The van der Waals surface area contributed by atoms with Crippen molar-refractivity contribution in [2.45, 2.75) is 18.2 Å². The highest BCUT2D eigenvalue weighted by atomic mass is 32.2. The zero-order valence-corrected chi connectivity index (χ0v) is 15.7. The topological polar surface area (TPSA) is 67.9 Å². The third-order valence-electron chi connectivity index (χ3n) is 4.91. The molecule has 2 aromatic carbocycles. The summed E-state index contributed by atoms with van der Waals surface area (Å²) in [6.07, 6.45) is 0.678. The smallest absolute Gasteiger partial charge is 0.241 e. The standard InChI is InChI=1S/C20H20FN3O2S/c1-13(25)24-20(27-19(23-24)14-5-4-6-16(21)11-14)15(9-10-22)12-26-18-8-3-2-7-17(18)20/h2-8,11,15H,9-10,12,22H2,1H3/t15-,20-/m1/s1. The van der Waals surface area contributed by atoms with Gasteiger partial charge in [0.05, 0.1) is 6.61 Å². The van der Waals surface area contributed by atoms with E-state index in [-0.39, 0.29) is 17.6 Å². The maximum absolute atomic E-state index is 13.8. The van der Waals surface area contributed by atoms with Gasteiger partial charge in [-0.3, -0.25) is 4.79 Å². The van der Waals surface area contributed by atoms with E-state index in [4.69, 9.17) is 10.5 Å². The Labute approximate surface area is 161 Å². The predicted molar refractivity (Wildman–Crippen MR) is 104 cm³/mol. The van der Waals surface area contributed by atoms with Crippen LogP contribution in [0.25, 0.3) is 0 Å². The number of hydrogen-bond acceptors (Lipinski definition) is 5. The second-order valence-electron chi connectivity index (χ2n) is 6.63. The number of fused-ring (bicyclic) bond motifs is 2. The highest BCUT2D eigenvalue weighted by Crippen LogP contribution is 2.57. The minimum absolute atomic E-state index is 0.0406. The zero-order valence-electron chi connectivity index (χ0n) is 14.9. The summed E-state index contributed by atoms with van der Waals surface area (Å²) in [5.74, 6) is 0.186. The van der Waals surface area contributed by atoms with Gasteiger partial charge in [-0.15, -0.1) is 0 Å². The molecule has 2 aliphatic heterocycles. The van der Waals surface area contributed by atoms with Crippen LogP contribution in [-0.4, -0.2) is 29.1 Å². The summed E-state index contributed by atoms with van der Waals surface area (Å²) < 4.78 is 19.7. The number of halogens is 1. The van der Waals surface area contributed by atoms with E-state index >= 15 is 0 Å². The molecule has 2 heterocycles. The minimum Gasteiger partial charge on any atom is -0.493 e. The van der Waals surface area contributed by atoms with Gasteiger partial charge in [0.2, 0.25) is 5.91 Å². The van der Waals surface area contributed by atoms with Crippen molar-refractivity contribution in [3.05, 3.63) is 65.5 Å². The van der Waals surface area contributed by atoms with Crippen molar-refractivity contribution in [2.24, 2.45) is 16.8 Å². The van der Waals surface area contributed by atoms with Gasteiger partial charge >= 0.3 is 0 Å². The van der Waals surface area contributed by atoms with E-state index in [1.54, 1.807) is 12.1 Å². The van der Waals surface area contributed by atoms with E-state index in [2.05, 4.69) is 5.10 Å². The molecule has 0 saturated heterocycles. The summed E-state index contributed by atoms with van der Waals surface area (Å²) in [7, 11) is 0. The van der Waals surface area contributed by atoms with E-state index in [0.29, 0.717) is 30.2 Å². The van der Waals surface area contributed by atoms with Gasteiger partial charge < -0.3 is 10.5 Å². The fourth-order valence-corrected chi connectivity index (χ4v) is 5.28. The number of hydrogen-bond donors (Lipinski definition) is 1. The van der Waals surface area contributed by atoms with Crippen molar-refractivity contribution in [3.63, 3.8) is 0 Å². The predicted octanol–water partition coefficient (Wildman–Crippen LogP) is 3.29. The number of carbonyl (C=O) groups excluding carboxylic acids is 1. The van der Waals surface area contributed by atoms with Crippen LogP contribution in [0.4, 0.5) is 4.39 Å². The molecule has 7 heteroatoms. The first kappa shape index (κ1) is 18.0. The lowest BCUT2D eigenvalue weighted by Crippen LogP contribution is -2.51. The molecule has 2 aromatic rings. The van der Waals surface area contributed by atoms with E-state index < -0.39 is 4.87 Å². The van der Waals surface area contributed by atoms with Gasteiger partial charge in [-0.25, -0.2) is 9.40 Å². The SMILES string of the molecule is CC(=O)N1N=C(c2cccc(F)c2)S[C@]12c1ccccc1OC[C@H]2CCN. The van der Waals surface area contributed by atoms with Crippen LogP contribution in [0.2, 0.25) is 0 Å². The minimum atomic E-state index is -0.748. The van der Waals surface area contributed by atoms with E-state index in [0.717, 1.165) is 11.3 Å². The van der Waals surface area contributed by atoms with Gasteiger partial charge in [-0.1, -0.05) is 42.1 Å². The Bertz CT molecular complexity index is 920. The molecule has 1 spiro atoms. The summed E-state index contributed by atoms with van der Waals surface area (Å²) >= 11 is 1.48. The zero-order chi connectivity index (χ0) is 19.0. The lowest BCUT2D eigenvalue weighted by atomic mass is 9.86. The van der Waals surface area contributed by atoms with Gasteiger partial charge in [0, 0.05) is 24.0 Å². The highest BCUT2D eigenvalue weighted by Gasteiger charge is 2.56. The van der Waals surface area contributed by atoms with Crippen LogP contribution in [0.5, 0.6) is 5.75 Å². The molecule has 0 unspecified atom stereocenters. The lowest BCUT2D eigenvalue weighted by molar-refractivity contribution is -0.134. The van der Waals surface area contributed by atoms with Gasteiger partial charge in [0.15, 0.2) is 4.87 Å². The molecule has 27 heavy (non-hydrogen) atoms. The monoisotopic (exact) mass is 385 g/mol. The number of hydrazone groups is 1. The number of thioether (sulfide) groups is 1. The third kappa shape index (κ3) is 2.91. The number of amides is 1. The molecule has 2 atom stereocenters. The molecular weight excluding hydrogens is 365 g/mol. The number of carbonyl (C=O) groups is 1. The first-order valence-electron chi connectivity index (χ1n) is 8.83. The molecule has 0 radical (unpaired) electrons. The Hall–Kier alpha value is -2.38. The first-order chi connectivity index (χ1) is 13.1. The van der Waals surface area contributed by atoms with Crippen LogP contribution in [0.3, 0.4) is 0 Å².